The second-order valence-corrected chi connectivity index (χ2v) is 9.29. The maximum Gasteiger partial charge on any atom is 0.388 e. The molecular weight excluding hydrogens is 460 g/mol. The lowest BCUT2D eigenvalue weighted by Gasteiger charge is -2.32. The van der Waals surface area contributed by atoms with Crippen LogP contribution in [0.2, 0.25) is 0 Å². The van der Waals surface area contributed by atoms with E-state index in [2.05, 4.69) is 42.1 Å². The molecule has 3 aliphatic rings. The zero-order valence-corrected chi connectivity index (χ0v) is 19.4. The van der Waals surface area contributed by atoms with E-state index in [-0.39, 0.29) is 23.7 Å². The SMILES string of the molecule is O=C(Nc1ccc(OC(F)F)nc1)C1NNC2CCC(c3cnn(CCN4CCOCC4)c3)CC21. The van der Waals surface area contributed by atoms with Crippen LogP contribution in [-0.2, 0) is 16.1 Å². The largest absolute Gasteiger partial charge is 0.417 e. The first-order valence-corrected chi connectivity index (χ1v) is 12.1. The number of pyridine rings is 1. The number of ether oxygens (including phenoxy) is 2. The third kappa shape index (κ3) is 5.95. The van der Waals surface area contributed by atoms with Crippen molar-refractivity contribution in [2.24, 2.45) is 5.92 Å². The predicted molar refractivity (Wildman–Crippen MR) is 123 cm³/mol. The molecule has 2 saturated heterocycles. The molecule has 3 fully saturated rings. The number of fused-ring (bicyclic) bond motifs is 1. The van der Waals surface area contributed by atoms with Crippen LogP contribution in [0, 0.1) is 5.92 Å². The summed E-state index contributed by atoms with van der Waals surface area (Å²) >= 11 is 0. The number of halogens is 2. The van der Waals surface area contributed by atoms with Gasteiger partial charge >= 0.3 is 6.61 Å². The third-order valence-electron chi connectivity index (χ3n) is 7.12. The highest BCUT2D eigenvalue weighted by atomic mass is 19.3. The lowest BCUT2D eigenvalue weighted by Crippen LogP contribution is -2.42. The highest BCUT2D eigenvalue weighted by molar-refractivity contribution is 5.95. The number of nitrogens with zero attached hydrogens (tertiary/aromatic N) is 4. The zero-order valence-electron chi connectivity index (χ0n) is 19.4. The molecule has 1 saturated carbocycles. The van der Waals surface area contributed by atoms with E-state index in [1.54, 1.807) is 0 Å². The number of alkyl halides is 2. The van der Waals surface area contributed by atoms with Crippen molar-refractivity contribution in [1.82, 2.24) is 30.5 Å². The van der Waals surface area contributed by atoms with Crippen molar-refractivity contribution in [3.05, 3.63) is 36.3 Å². The molecular formula is C23H31F2N7O3. The molecule has 190 valence electrons. The lowest BCUT2D eigenvalue weighted by molar-refractivity contribution is -0.119. The van der Waals surface area contributed by atoms with Gasteiger partial charge in [-0.15, -0.1) is 0 Å². The van der Waals surface area contributed by atoms with Gasteiger partial charge in [-0.05, 0) is 36.8 Å². The Hall–Kier alpha value is -2.67. The van der Waals surface area contributed by atoms with Gasteiger partial charge in [0.2, 0.25) is 11.8 Å². The number of hydrazine groups is 1. The molecule has 12 heteroatoms. The molecule has 35 heavy (non-hydrogen) atoms. The summed E-state index contributed by atoms with van der Waals surface area (Å²) in [7, 11) is 0. The highest BCUT2D eigenvalue weighted by Gasteiger charge is 2.44. The van der Waals surface area contributed by atoms with Gasteiger partial charge in [0.25, 0.3) is 0 Å². The van der Waals surface area contributed by atoms with Crippen molar-refractivity contribution in [1.29, 1.82) is 0 Å². The number of rotatable bonds is 8. The van der Waals surface area contributed by atoms with Gasteiger partial charge in [0.05, 0.1) is 37.8 Å². The molecule has 0 spiro atoms. The van der Waals surface area contributed by atoms with Gasteiger partial charge in [0, 0.05) is 43.9 Å². The van der Waals surface area contributed by atoms with E-state index >= 15 is 0 Å². The predicted octanol–water partition coefficient (Wildman–Crippen LogP) is 1.58. The molecule has 1 aliphatic carbocycles. The van der Waals surface area contributed by atoms with Crippen LogP contribution in [0.3, 0.4) is 0 Å². The van der Waals surface area contributed by atoms with Gasteiger partial charge in [0.15, 0.2) is 0 Å². The summed E-state index contributed by atoms with van der Waals surface area (Å²) in [6.07, 6.45) is 8.29. The Balaban J connectivity index is 1.16. The molecule has 1 amide bonds. The van der Waals surface area contributed by atoms with Gasteiger partial charge in [-0.3, -0.25) is 19.8 Å². The molecule has 2 aromatic heterocycles. The van der Waals surface area contributed by atoms with E-state index in [0.29, 0.717) is 11.6 Å². The highest BCUT2D eigenvalue weighted by Crippen LogP contribution is 2.39. The third-order valence-corrected chi connectivity index (χ3v) is 7.12. The van der Waals surface area contributed by atoms with Crippen LogP contribution in [0.1, 0.15) is 30.7 Å². The summed E-state index contributed by atoms with van der Waals surface area (Å²) in [6.45, 7) is 2.38. The second-order valence-electron chi connectivity index (χ2n) is 9.29. The first-order valence-electron chi connectivity index (χ1n) is 12.1. The summed E-state index contributed by atoms with van der Waals surface area (Å²) in [5, 5.41) is 7.41. The van der Waals surface area contributed by atoms with E-state index < -0.39 is 12.7 Å². The van der Waals surface area contributed by atoms with Crippen LogP contribution in [0.5, 0.6) is 5.88 Å². The summed E-state index contributed by atoms with van der Waals surface area (Å²) in [4.78, 5) is 19.2. The van der Waals surface area contributed by atoms with Crippen LogP contribution >= 0.6 is 0 Å². The molecule has 2 aliphatic heterocycles. The Labute approximate surface area is 202 Å². The number of nitrogens with one attached hydrogen (secondary N) is 3. The molecule has 0 aromatic carbocycles. The minimum atomic E-state index is -2.94. The molecule has 4 unspecified atom stereocenters. The Kier molecular flexibility index (Phi) is 7.51. The molecule has 4 atom stereocenters. The minimum Gasteiger partial charge on any atom is -0.417 e. The number of hydrogen-bond acceptors (Lipinski definition) is 8. The summed E-state index contributed by atoms with van der Waals surface area (Å²) < 4.78 is 36.3. The number of morpholine rings is 1. The first kappa shape index (κ1) is 24.0. The first-order chi connectivity index (χ1) is 17.0. The van der Waals surface area contributed by atoms with E-state index in [0.717, 1.165) is 58.7 Å². The lowest BCUT2D eigenvalue weighted by atomic mass is 9.74. The molecule has 5 rings (SSSR count). The van der Waals surface area contributed by atoms with Gasteiger partial charge in [-0.25, -0.2) is 10.4 Å². The number of amides is 1. The Morgan fingerprint density at radius 3 is 2.83 bits per heavy atom. The fraction of sp³-hybridized carbons (Fsp3) is 0.609. The number of anilines is 1. The topological polar surface area (TPSA) is 106 Å². The fourth-order valence-electron chi connectivity index (χ4n) is 5.24. The van der Waals surface area contributed by atoms with Gasteiger partial charge in [-0.1, -0.05) is 0 Å². The van der Waals surface area contributed by atoms with Crippen molar-refractivity contribution >= 4 is 11.6 Å². The number of aromatic nitrogens is 3. The van der Waals surface area contributed by atoms with E-state index in [9.17, 15) is 13.6 Å². The van der Waals surface area contributed by atoms with E-state index in [1.165, 1.54) is 23.9 Å². The molecule has 3 N–H and O–H groups in total. The monoisotopic (exact) mass is 491 g/mol. The molecule has 0 bridgehead atoms. The van der Waals surface area contributed by atoms with Gasteiger partial charge < -0.3 is 14.8 Å². The average Bonchev–Trinajstić information content (AvgIpc) is 3.51. The number of hydrogen-bond donors (Lipinski definition) is 3. The van der Waals surface area contributed by atoms with Crippen LogP contribution in [0.4, 0.5) is 14.5 Å². The quantitative estimate of drug-likeness (QED) is 0.511. The van der Waals surface area contributed by atoms with Crippen molar-refractivity contribution in [3.63, 3.8) is 0 Å². The molecule has 4 heterocycles. The Morgan fingerprint density at radius 2 is 2.06 bits per heavy atom. The van der Waals surface area contributed by atoms with Crippen LogP contribution < -0.4 is 20.9 Å². The van der Waals surface area contributed by atoms with Crippen molar-refractivity contribution in [3.8, 4) is 5.88 Å². The van der Waals surface area contributed by atoms with E-state index in [4.69, 9.17) is 4.74 Å². The summed E-state index contributed by atoms with van der Waals surface area (Å²) in [5.74, 6) is 0.0909. The Morgan fingerprint density at radius 1 is 1.20 bits per heavy atom. The maximum atomic E-state index is 13.0. The summed E-state index contributed by atoms with van der Waals surface area (Å²) in [6, 6.07) is 2.62. The Bertz CT molecular complexity index is 984. The summed E-state index contributed by atoms with van der Waals surface area (Å²) in [5.41, 5.74) is 8.07. The van der Waals surface area contributed by atoms with Crippen LogP contribution in [-0.4, -0.2) is 77.1 Å². The van der Waals surface area contributed by atoms with Gasteiger partial charge in [0.1, 0.15) is 6.04 Å². The van der Waals surface area contributed by atoms with Crippen molar-refractivity contribution in [2.45, 2.75) is 50.4 Å². The maximum absolute atomic E-state index is 13.0. The van der Waals surface area contributed by atoms with Crippen LogP contribution in [0.15, 0.2) is 30.7 Å². The molecule has 10 nitrogen and oxygen atoms in total. The van der Waals surface area contributed by atoms with E-state index in [1.807, 2.05) is 10.9 Å². The average molecular weight is 492 g/mol. The smallest absolute Gasteiger partial charge is 0.388 e. The zero-order chi connectivity index (χ0) is 24.2. The standard InChI is InChI=1S/C23H31F2N7O3/c24-23(25)35-20-4-2-17(13-26-20)28-22(33)21-18-11-15(1-3-19(18)29-30-21)16-12-27-32(14-16)6-5-31-7-9-34-10-8-31/h2,4,12-15,18-19,21,23,29-30H,1,3,5-11H2,(H,28,33). The van der Waals surface area contributed by atoms with Crippen LogP contribution in [0.25, 0.3) is 0 Å². The normalized spacial score (nSPS) is 27.1. The minimum absolute atomic E-state index is 0.125. The fourth-order valence-corrected chi connectivity index (χ4v) is 5.24. The van der Waals surface area contributed by atoms with Gasteiger partial charge in [-0.2, -0.15) is 13.9 Å². The van der Waals surface area contributed by atoms with Crippen molar-refractivity contribution < 1.29 is 23.0 Å². The molecule has 2 aromatic rings. The second kappa shape index (κ2) is 10.9. The van der Waals surface area contributed by atoms with Crippen molar-refractivity contribution in [2.75, 3.05) is 38.2 Å². The molecule has 0 radical (unpaired) electrons. The number of carbonyl (C=O) groups excluding carboxylic acids is 1. The number of carbonyl (C=O) groups is 1.